The number of carbonyl (C=O) groups is 1. The average Bonchev–Trinajstić information content (AvgIpc) is 2.82. The molecule has 1 aliphatic carbocycles. The molecule has 0 aromatic rings. The molecule has 1 saturated carbocycles. The number of amides is 1. The standard InChI is InChI=1S/C14H26N2O2/c1-11(17)13-8-4-5-9-16(13)10-14(18)15-12-6-2-3-7-12/h11-13,17H,2-10H2,1H3,(H,15,18)/t11-,13+/m1/s1. The molecule has 2 fully saturated rings. The summed E-state index contributed by atoms with van der Waals surface area (Å²) in [5, 5.41) is 12.9. The van der Waals surface area contributed by atoms with E-state index in [9.17, 15) is 9.90 Å². The van der Waals surface area contributed by atoms with Crippen LogP contribution in [0.15, 0.2) is 0 Å². The van der Waals surface area contributed by atoms with E-state index in [1.807, 2.05) is 6.92 Å². The number of hydrogen-bond acceptors (Lipinski definition) is 3. The van der Waals surface area contributed by atoms with Crippen molar-refractivity contribution in [3.05, 3.63) is 0 Å². The number of nitrogens with zero attached hydrogens (tertiary/aromatic N) is 1. The summed E-state index contributed by atoms with van der Waals surface area (Å²) in [6, 6.07) is 0.556. The number of aliphatic hydroxyl groups is 1. The molecule has 0 unspecified atom stereocenters. The lowest BCUT2D eigenvalue weighted by Gasteiger charge is -2.37. The minimum atomic E-state index is -0.343. The highest BCUT2D eigenvalue weighted by atomic mass is 16.3. The van der Waals surface area contributed by atoms with Crippen LogP contribution in [0.4, 0.5) is 0 Å². The quantitative estimate of drug-likeness (QED) is 0.794. The SMILES string of the molecule is C[C@@H](O)[C@@H]1CCCCN1CC(=O)NC1CCCC1. The lowest BCUT2D eigenvalue weighted by Crippen LogP contribution is -2.50. The summed E-state index contributed by atoms with van der Waals surface area (Å²) in [6.07, 6.45) is 7.71. The zero-order valence-electron chi connectivity index (χ0n) is 11.4. The third-order valence-electron chi connectivity index (χ3n) is 4.29. The maximum absolute atomic E-state index is 12.0. The molecule has 2 rings (SSSR count). The van der Waals surface area contributed by atoms with Crippen LogP contribution in [-0.4, -0.2) is 47.2 Å². The molecule has 0 aromatic carbocycles. The van der Waals surface area contributed by atoms with Gasteiger partial charge in [-0.3, -0.25) is 9.69 Å². The van der Waals surface area contributed by atoms with Gasteiger partial charge < -0.3 is 10.4 Å². The fourth-order valence-corrected chi connectivity index (χ4v) is 3.29. The topological polar surface area (TPSA) is 52.6 Å². The fourth-order valence-electron chi connectivity index (χ4n) is 3.29. The first-order valence-corrected chi connectivity index (χ1v) is 7.38. The first-order valence-electron chi connectivity index (χ1n) is 7.38. The summed E-state index contributed by atoms with van der Waals surface area (Å²) in [5.74, 6) is 0.134. The number of rotatable bonds is 4. The molecule has 4 heteroatoms. The van der Waals surface area contributed by atoms with Gasteiger partial charge in [-0.2, -0.15) is 0 Å². The third-order valence-corrected chi connectivity index (χ3v) is 4.29. The number of hydrogen-bond donors (Lipinski definition) is 2. The van der Waals surface area contributed by atoms with Crippen LogP contribution in [0, 0.1) is 0 Å². The molecule has 1 amide bonds. The molecule has 2 aliphatic rings. The van der Waals surface area contributed by atoms with Gasteiger partial charge in [0.2, 0.25) is 5.91 Å². The molecule has 1 saturated heterocycles. The molecule has 0 spiro atoms. The summed E-state index contributed by atoms with van der Waals surface area (Å²) >= 11 is 0. The smallest absolute Gasteiger partial charge is 0.234 e. The Hall–Kier alpha value is -0.610. The summed E-state index contributed by atoms with van der Waals surface area (Å²) in [6.45, 7) is 3.22. The molecule has 2 atom stereocenters. The van der Waals surface area contributed by atoms with E-state index >= 15 is 0 Å². The maximum Gasteiger partial charge on any atom is 0.234 e. The van der Waals surface area contributed by atoms with Gasteiger partial charge >= 0.3 is 0 Å². The highest BCUT2D eigenvalue weighted by Crippen LogP contribution is 2.20. The Morgan fingerprint density at radius 3 is 2.61 bits per heavy atom. The third kappa shape index (κ3) is 3.69. The van der Waals surface area contributed by atoms with E-state index in [0.29, 0.717) is 12.6 Å². The second kappa shape index (κ2) is 6.53. The van der Waals surface area contributed by atoms with Crippen molar-refractivity contribution < 1.29 is 9.90 Å². The van der Waals surface area contributed by atoms with Crippen LogP contribution < -0.4 is 5.32 Å². The van der Waals surface area contributed by atoms with E-state index in [4.69, 9.17) is 0 Å². The van der Waals surface area contributed by atoms with Crippen molar-refractivity contribution in [3.63, 3.8) is 0 Å². The second-order valence-electron chi connectivity index (χ2n) is 5.82. The lowest BCUT2D eigenvalue weighted by atomic mass is 9.98. The Morgan fingerprint density at radius 2 is 1.94 bits per heavy atom. The van der Waals surface area contributed by atoms with Crippen LogP contribution in [0.5, 0.6) is 0 Å². The van der Waals surface area contributed by atoms with Crippen molar-refractivity contribution in [1.82, 2.24) is 10.2 Å². The first kappa shape index (κ1) is 13.8. The Labute approximate surface area is 110 Å². The van der Waals surface area contributed by atoms with Gasteiger partial charge in [-0.25, -0.2) is 0 Å². The molecule has 18 heavy (non-hydrogen) atoms. The van der Waals surface area contributed by atoms with Gasteiger partial charge in [0.05, 0.1) is 12.6 Å². The lowest BCUT2D eigenvalue weighted by molar-refractivity contribution is -0.124. The van der Waals surface area contributed by atoms with Crippen LogP contribution >= 0.6 is 0 Å². The average molecular weight is 254 g/mol. The number of nitrogens with one attached hydrogen (secondary N) is 1. The summed E-state index contributed by atoms with van der Waals surface area (Å²) in [4.78, 5) is 14.2. The minimum absolute atomic E-state index is 0.134. The predicted octanol–water partition coefficient (Wildman–Crippen LogP) is 1.28. The van der Waals surface area contributed by atoms with E-state index in [0.717, 1.165) is 38.6 Å². The molecule has 104 valence electrons. The Bertz CT molecular complexity index is 275. The van der Waals surface area contributed by atoms with Crippen LogP contribution in [0.1, 0.15) is 51.9 Å². The van der Waals surface area contributed by atoms with Crippen LogP contribution in [0.2, 0.25) is 0 Å². The molecule has 1 aliphatic heterocycles. The minimum Gasteiger partial charge on any atom is -0.392 e. The van der Waals surface area contributed by atoms with E-state index in [-0.39, 0.29) is 18.1 Å². The van der Waals surface area contributed by atoms with E-state index < -0.39 is 0 Å². The van der Waals surface area contributed by atoms with Gasteiger partial charge in [-0.15, -0.1) is 0 Å². The van der Waals surface area contributed by atoms with Crippen molar-refractivity contribution in [2.24, 2.45) is 0 Å². The van der Waals surface area contributed by atoms with Gasteiger partial charge in [-0.1, -0.05) is 19.3 Å². The van der Waals surface area contributed by atoms with Crippen LogP contribution in [0.25, 0.3) is 0 Å². The zero-order valence-corrected chi connectivity index (χ0v) is 11.4. The Morgan fingerprint density at radius 1 is 1.28 bits per heavy atom. The van der Waals surface area contributed by atoms with Gasteiger partial charge in [0.1, 0.15) is 0 Å². The van der Waals surface area contributed by atoms with Crippen molar-refractivity contribution in [2.45, 2.75) is 70.1 Å². The highest BCUT2D eigenvalue weighted by molar-refractivity contribution is 5.78. The van der Waals surface area contributed by atoms with Crippen molar-refractivity contribution >= 4 is 5.91 Å². The van der Waals surface area contributed by atoms with Gasteiger partial charge in [-0.05, 0) is 39.2 Å². The summed E-state index contributed by atoms with van der Waals surface area (Å²) in [5.41, 5.74) is 0. The van der Waals surface area contributed by atoms with Gasteiger partial charge in [0.15, 0.2) is 0 Å². The van der Waals surface area contributed by atoms with E-state index in [1.54, 1.807) is 0 Å². The number of likely N-dealkylation sites (tertiary alicyclic amines) is 1. The van der Waals surface area contributed by atoms with Crippen LogP contribution in [-0.2, 0) is 4.79 Å². The first-order chi connectivity index (χ1) is 8.66. The Balaban J connectivity index is 1.80. The number of carbonyl (C=O) groups excluding carboxylic acids is 1. The van der Waals surface area contributed by atoms with E-state index in [1.165, 1.54) is 12.8 Å². The fraction of sp³-hybridized carbons (Fsp3) is 0.929. The molecular formula is C14H26N2O2. The second-order valence-corrected chi connectivity index (χ2v) is 5.82. The molecule has 0 aromatic heterocycles. The summed E-state index contributed by atoms with van der Waals surface area (Å²) in [7, 11) is 0. The summed E-state index contributed by atoms with van der Waals surface area (Å²) < 4.78 is 0. The van der Waals surface area contributed by atoms with Crippen LogP contribution in [0.3, 0.4) is 0 Å². The zero-order chi connectivity index (χ0) is 13.0. The molecular weight excluding hydrogens is 228 g/mol. The van der Waals surface area contributed by atoms with Crippen molar-refractivity contribution in [1.29, 1.82) is 0 Å². The monoisotopic (exact) mass is 254 g/mol. The van der Waals surface area contributed by atoms with Crippen molar-refractivity contribution in [3.8, 4) is 0 Å². The molecule has 2 N–H and O–H groups in total. The van der Waals surface area contributed by atoms with Gasteiger partial charge in [0.25, 0.3) is 0 Å². The molecule has 0 radical (unpaired) electrons. The van der Waals surface area contributed by atoms with Crippen molar-refractivity contribution in [2.75, 3.05) is 13.1 Å². The normalized spacial score (nSPS) is 28.2. The predicted molar refractivity (Wildman–Crippen MR) is 71.3 cm³/mol. The van der Waals surface area contributed by atoms with E-state index in [2.05, 4.69) is 10.2 Å². The van der Waals surface area contributed by atoms with Gasteiger partial charge in [0, 0.05) is 12.1 Å². The molecule has 1 heterocycles. The maximum atomic E-state index is 12.0. The Kier molecular flexibility index (Phi) is 5.01. The highest BCUT2D eigenvalue weighted by Gasteiger charge is 2.28. The number of piperidine rings is 1. The molecule has 0 bridgehead atoms. The number of aliphatic hydroxyl groups excluding tert-OH is 1. The largest absolute Gasteiger partial charge is 0.392 e. The molecule has 4 nitrogen and oxygen atoms in total.